The third-order valence-corrected chi connectivity index (χ3v) is 5.20. The average Bonchev–Trinajstić information content (AvgIpc) is 2.68. The average molecular weight is 389 g/mol. The number of amides is 1. The Morgan fingerprint density at radius 3 is 2.25 bits per heavy atom. The Morgan fingerprint density at radius 2 is 1.75 bits per heavy atom. The Balaban J connectivity index is 2.14. The molecular weight excluding hydrogens is 356 g/mol. The SMILES string of the molecule is CCOC(=O)C(CC)(CC(C)C)NC(=O)c1ccc(N2CCC(=O)CC2)cc1. The number of nitrogens with one attached hydrogen (secondary N) is 1. The van der Waals surface area contributed by atoms with E-state index in [4.69, 9.17) is 4.74 Å². The monoisotopic (exact) mass is 388 g/mol. The van der Waals surface area contributed by atoms with Crippen LogP contribution in [0, 0.1) is 5.92 Å². The Hall–Kier alpha value is -2.37. The lowest BCUT2D eigenvalue weighted by atomic mass is 9.86. The van der Waals surface area contributed by atoms with Gasteiger partial charge in [-0.3, -0.25) is 9.59 Å². The van der Waals surface area contributed by atoms with Gasteiger partial charge in [-0.25, -0.2) is 4.79 Å². The zero-order valence-corrected chi connectivity index (χ0v) is 17.4. The van der Waals surface area contributed by atoms with Crippen LogP contribution in [0.1, 0.15) is 63.7 Å². The highest BCUT2D eigenvalue weighted by Gasteiger charge is 2.40. The first-order chi connectivity index (χ1) is 13.3. The number of carbonyl (C=O) groups excluding carboxylic acids is 3. The van der Waals surface area contributed by atoms with Gasteiger partial charge in [0, 0.05) is 37.2 Å². The van der Waals surface area contributed by atoms with Gasteiger partial charge in [-0.05, 0) is 49.9 Å². The molecule has 6 heteroatoms. The zero-order chi connectivity index (χ0) is 20.7. The van der Waals surface area contributed by atoms with Gasteiger partial charge in [0.25, 0.3) is 5.91 Å². The van der Waals surface area contributed by atoms with E-state index < -0.39 is 5.54 Å². The van der Waals surface area contributed by atoms with Gasteiger partial charge >= 0.3 is 5.97 Å². The highest BCUT2D eigenvalue weighted by atomic mass is 16.5. The minimum Gasteiger partial charge on any atom is -0.464 e. The number of rotatable bonds is 8. The topological polar surface area (TPSA) is 75.7 Å². The van der Waals surface area contributed by atoms with Crippen LogP contribution in [0.15, 0.2) is 24.3 Å². The van der Waals surface area contributed by atoms with E-state index in [0.717, 1.165) is 5.69 Å². The Labute approximate surface area is 167 Å². The molecule has 1 aliphatic rings. The third kappa shape index (κ3) is 5.33. The molecule has 1 fully saturated rings. The minimum atomic E-state index is -1.02. The molecule has 1 aromatic rings. The number of ether oxygens (including phenoxy) is 1. The predicted octanol–water partition coefficient (Wildman–Crippen LogP) is 3.34. The van der Waals surface area contributed by atoms with Crippen molar-refractivity contribution in [3.05, 3.63) is 29.8 Å². The molecule has 0 saturated carbocycles. The van der Waals surface area contributed by atoms with Gasteiger partial charge in [0.15, 0.2) is 0 Å². The lowest BCUT2D eigenvalue weighted by molar-refractivity contribution is -0.151. The first-order valence-corrected chi connectivity index (χ1v) is 10.2. The number of esters is 1. The number of piperidine rings is 1. The summed E-state index contributed by atoms with van der Waals surface area (Å²) in [6.45, 7) is 9.40. The van der Waals surface area contributed by atoms with Crippen molar-refractivity contribution in [1.82, 2.24) is 5.32 Å². The van der Waals surface area contributed by atoms with Crippen LogP contribution in [0.2, 0.25) is 0 Å². The highest BCUT2D eigenvalue weighted by molar-refractivity contribution is 5.98. The van der Waals surface area contributed by atoms with Crippen LogP contribution in [0.5, 0.6) is 0 Å². The van der Waals surface area contributed by atoms with Crippen molar-refractivity contribution in [3.8, 4) is 0 Å². The molecule has 0 radical (unpaired) electrons. The van der Waals surface area contributed by atoms with Crippen molar-refractivity contribution in [2.75, 3.05) is 24.6 Å². The Morgan fingerprint density at radius 1 is 1.14 bits per heavy atom. The van der Waals surface area contributed by atoms with E-state index in [0.29, 0.717) is 50.1 Å². The van der Waals surface area contributed by atoms with Gasteiger partial charge in [-0.15, -0.1) is 0 Å². The van der Waals surface area contributed by atoms with E-state index in [1.807, 2.05) is 32.9 Å². The maximum atomic E-state index is 12.9. The minimum absolute atomic E-state index is 0.230. The van der Waals surface area contributed by atoms with Crippen LogP contribution in [-0.4, -0.2) is 42.9 Å². The molecule has 1 amide bonds. The molecule has 2 rings (SSSR count). The fraction of sp³-hybridized carbons (Fsp3) is 0.591. The van der Waals surface area contributed by atoms with Gasteiger partial charge in [0.2, 0.25) is 0 Å². The fourth-order valence-corrected chi connectivity index (χ4v) is 3.66. The molecule has 6 nitrogen and oxygen atoms in total. The maximum absolute atomic E-state index is 12.9. The van der Waals surface area contributed by atoms with Crippen molar-refractivity contribution in [1.29, 1.82) is 0 Å². The smallest absolute Gasteiger partial charge is 0.331 e. The standard InChI is InChI=1S/C22H32N2O4/c1-5-22(15-16(3)4,21(27)28-6-2)23-20(26)17-7-9-18(10-8-17)24-13-11-19(25)12-14-24/h7-10,16H,5-6,11-15H2,1-4H3,(H,23,26). The first-order valence-electron chi connectivity index (χ1n) is 10.2. The summed E-state index contributed by atoms with van der Waals surface area (Å²) in [6, 6.07) is 7.32. The molecular formula is C22H32N2O4. The quantitative estimate of drug-likeness (QED) is 0.691. The fourth-order valence-electron chi connectivity index (χ4n) is 3.66. The number of hydrogen-bond donors (Lipinski definition) is 1. The second kappa shape index (κ2) is 9.71. The number of benzene rings is 1. The van der Waals surface area contributed by atoms with E-state index in [2.05, 4.69) is 10.2 Å². The number of Topliss-reactive ketones (excluding diaryl/α,β-unsaturated/α-hetero) is 1. The molecule has 1 heterocycles. The third-order valence-electron chi connectivity index (χ3n) is 5.20. The summed E-state index contributed by atoms with van der Waals surface area (Å²) in [7, 11) is 0. The molecule has 0 aromatic heterocycles. The highest BCUT2D eigenvalue weighted by Crippen LogP contribution is 2.24. The molecule has 28 heavy (non-hydrogen) atoms. The molecule has 1 N–H and O–H groups in total. The van der Waals surface area contributed by atoms with E-state index in [-0.39, 0.29) is 24.4 Å². The molecule has 0 bridgehead atoms. The summed E-state index contributed by atoms with van der Waals surface area (Å²) in [5.41, 5.74) is 0.480. The summed E-state index contributed by atoms with van der Waals surface area (Å²) < 4.78 is 5.26. The van der Waals surface area contributed by atoms with Gasteiger partial charge in [-0.2, -0.15) is 0 Å². The van der Waals surface area contributed by atoms with Crippen molar-refractivity contribution in [2.45, 2.75) is 58.9 Å². The predicted molar refractivity (Wildman–Crippen MR) is 109 cm³/mol. The van der Waals surface area contributed by atoms with E-state index in [1.165, 1.54) is 0 Å². The Bertz CT molecular complexity index is 689. The lowest BCUT2D eigenvalue weighted by Gasteiger charge is -2.33. The molecule has 0 aliphatic carbocycles. The van der Waals surface area contributed by atoms with Crippen LogP contribution in [0.3, 0.4) is 0 Å². The van der Waals surface area contributed by atoms with E-state index in [1.54, 1.807) is 19.1 Å². The molecule has 1 saturated heterocycles. The molecule has 1 atom stereocenters. The number of carbonyl (C=O) groups is 3. The maximum Gasteiger partial charge on any atom is 0.331 e. The number of anilines is 1. The molecule has 0 spiro atoms. The molecule has 1 unspecified atom stereocenters. The van der Waals surface area contributed by atoms with Crippen LogP contribution < -0.4 is 10.2 Å². The number of hydrogen-bond acceptors (Lipinski definition) is 5. The van der Waals surface area contributed by atoms with Crippen molar-refractivity contribution in [3.63, 3.8) is 0 Å². The first kappa shape index (κ1) is 21.9. The summed E-state index contributed by atoms with van der Waals surface area (Å²) in [5, 5.41) is 2.95. The van der Waals surface area contributed by atoms with E-state index >= 15 is 0 Å². The van der Waals surface area contributed by atoms with Crippen molar-refractivity contribution < 1.29 is 19.1 Å². The van der Waals surface area contributed by atoms with E-state index in [9.17, 15) is 14.4 Å². The van der Waals surface area contributed by atoms with Crippen LogP contribution >= 0.6 is 0 Å². The van der Waals surface area contributed by atoms with Gasteiger partial charge in [-0.1, -0.05) is 20.8 Å². The summed E-state index contributed by atoms with van der Waals surface area (Å²) in [5.74, 6) is -0.133. The van der Waals surface area contributed by atoms with Crippen LogP contribution in [0.25, 0.3) is 0 Å². The summed E-state index contributed by atoms with van der Waals surface area (Å²) in [4.78, 5) is 39.0. The summed E-state index contributed by atoms with van der Waals surface area (Å²) in [6.07, 6.45) is 2.12. The summed E-state index contributed by atoms with van der Waals surface area (Å²) >= 11 is 0. The lowest BCUT2D eigenvalue weighted by Crippen LogP contribution is -2.55. The Kier molecular flexibility index (Phi) is 7.61. The molecule has 154 valence electrons. The number of ketones is 1. The van der Waals surface area contributed by atoms with Gasteiger partial charge < -0.3 is 15.0 Å². The largest absolute Gasteiger partial charge is 0.464 e. The second-order valence-electron chi connectivity index (χ2n) is 7.78. The van der Waals surface area contributed by atoms with Gasteiger partial charge in [0.05, 0.1) is 6.61 Å². The van der Waals surface area contributed by atoms with Gasteiger partial charge in [0.1, 0.15) is 11.3 Å². The molecule has 1 aliphatic heterocycles. The normalized spacial score (nSPS) is 16.6. The van der Waals surface area contributed by atoms with Crippen molar-refractivity contribution >= 4 is 23.3 Å². The van der Waals surface area contributed by atoms with Crippen molar-refractivity contribution in [2.24, 2.45) is 5.92 Å². The second-order valence-corrected chi connectivity index (χ2v) is 7.78. The van der Waals surface area contributed by atoms with Crippen LogP contribution in [-0.2, 0) is 14.3 Å². The molecule has 1 aromatic carbocycles. The zero-order valence-electron chi connectivity index (χ0n) is 17.4. The van der Waals surface area contributed by atoms with Crippen LogP contribution in [0.4, 0.5) is 5.69 Å². The number of nitrogens with zero attached hydrogens (tertiary/aromatic N) is 1.